The van der Waals surface area contributed by atoms with E-state index in [9.17, 15) is 4.79 Å². The predicted molar refractivity (Wildman–Crippen MR) is 130 cm³/mol. The van der Waals surface area contributed by atoms with Crippen LogP contribution < -0.4 is 5.32 Å². The number of nitrogens with one attached hydrogen (secondary N) is 1. The average molecular weight is 454 g/mol. The molecule has 1 amide bonds. The molecule has 6 rings (SSSR count). The maximum absolute atomic E-state index is 13.0. The first-order valence-electron chi connectivity index (χ1n) is 11.9. The fourth-order valence-electron chi connectivity index (χ4n) is 4.48. The van der Waals surface area contributed by atoms with Crippen molar-refractivity contribution in [2.75, 3.05) is 5.32 Å². The van der Waals surface area contributed by atoms with Gasteiger partial charge < -0.3 is 14.7 Å². The van der Waals surface area contributed by atoms with Crippen molar-refractivity contribution >= 4 is 22.6 Å². The zero-order valence-corrected chi connectivity index (χ0v) is 19.2. The summed E-state index contributed by atoms with van der Waals surface area (Å²) in [5, 5.41) is 8.30. The van der Waals surface area contributed by atoms with Crippen LogP contribution in [0.25, 0.3) is 22.0 Å². The van der Waals surface area contributed by atoms with Crippen LogP contribution in [0.15, 0.2) is 59.5 Å². The predicted octanol–water partition coefficient (Wildman–Crippen LogP) is 4.90. The van der Waals surface area contributed by atoms with Gasteiger partial charge in [0.25, 0.3) is 0 Å². The average Bonchev–Trinajstić information content (AvgIpc) is 3.77. The lowest BCUT2D eigenvalue weighted by Gasteiger charge is -2.22. The Balaban J connectivity index is 1.29. The van der Waals surface area contributed by atoms with E-state index in [-0.39, 0.29) is 12.3 Å². The van der Waals surface area contributed by atoms with Gasteiger partial charge in [0.2, 0.25) is 5.91 Å². The van der Waals surface area contributed by atoms with E-state index < -0.39 is 0 Å². The number of nitrogens with zero attached hydrogens (tertiary/aromatic N) is 4. The Hall–Kier alpha value is -3.74. The molecule has 0 radical (unpaired) electrons. The maximum Gasteiger partial charge on any atom is 0.230 e. The fraction of sp³-hybridized carbons (Fsp3) is 0.333. The van der Waals surface area contributed by atoms with Crippen molar-refractivity contribution in [3.63, 3.8) is 0 Å². The Bertz CT molecular complexity index is 1340. The summed E-state index contributed by atoms with van der Waals surface area (Å²) in [6, 6.07) is 15.4. The summed E-state index contributed by atoms with van der Waals surface area (Å²) in [5.41, 5.74) is 5.54. The number of benzene rings is 2. The van der Waals surface area contributed by atoms with Crippen molar-refractivity contribution in [3.05, 3.63) is 71.9 Å². The van der Waals surface area contributed by atoms with E-state index in [1.807, 2.05) is 4.90 Å². The molecule has 2 aromatic heterocycles. The molecule has 7 heteroatoms. The van der Waals surface area contributed by atoms with Crippen LogP contribution in [0.1, 0.15) is 42.6 Å². The summed E-state index contributed by atoms with van der Waals surface area (Å²) in [7, 11) is 0. The van der Waals surface area contributed by atoms with Crippen molar-refractivity contribution in [1.82, 2.24) is 20.0 Å². The van der Waals surface area contributed by atoms with Crippen LogP contribution in [0.4, 0.5) is 5.82 Å². The Morgan fingerprint density at radius 1 is 1.12 bits per heavy atom. The van der Waals surface area contributed by atoms with Crippen molar-refractivity contribution in [1.29, 1.82) is 0 Å². The van der Waals surface area contributed by atoms with E-state index in [2.05, 4.69) is 63.8 Å². The zero-order chi connectivity index (χ0) is 23.1. The molecule has 0 saturated heterocycles. The van der Waals surface area contributed by atoms with Crippen LogP contribution in [0.2, 0.25) is 0 Å². The van der Waals surface area contributed by atoms with Gasteiger partial charge in [-0.05, 0) is 73.1 Å². The van der Waals surface area contributed by atoms with Gasteiger partial charge in [0.1, 0.15) is 17.9 Å². The number of anilines is 1. The highest BCUT2D eigenvalue weighted by molar-refractivity contribution is 5.94. The second kappa shape index (κ2) is 8.56. The highest BCUT2D eigenvalue weighted by atomic mass is 16.5. The van der Waals surface area contributed by atoms with Gasteiger partial charge in [0.05, 0.1) is 18.1 Å². The van der Waals surface area contributed by atoms with Gasteiger partial charge >= 0.3 is 0 Å². The molecule has 4 aromatic rings. The number of hydrogen-bond acceptors (Lipinski definition) is 6. The van der Waals surface area contributed by atoms with Crippen LogP contribution in [-0.4, -0.2) is 38.0 Å². The first-order chi connectivity index (χ1) is 16.6. The standard InChI is InChI=1S/C27H27N5O2/c1-17-11-25-24(27(29-16-28-25)31-20-5-6-20)14-23(17)19-4-2-3-18(12-19)15-32(21-7-8-21)26(33)13-22-9-10-30-34-22/h2-4,9-12,14,16,20-21H,5-8,13,15H2,1H3,(H,28,29,31). The topological polar surface area (TPSA) is 84.2 Å². The molecule has 0 unspecified atom stereocenters. The van der Waals surface area contributed by atoms with Crippen LogP contribution in [0, 0.1) is 6.92 Å². The van der Waals surface area contributed by atoms with Crippen molar-refractivity contribution in [3.8, 4) is 11.1 Å². The highest BCUT2D eigenvalue weighted by Gasteiger charge is 2.33. The second-order valence-corrected chi connectivity index (χ2v) is 9.43. The number of fused-ring (bicyclic) bond motifs is 1. The van der Waals surface area contributed by atoms with Crippen LogP contribution in [0.5, 0.6) is 0 Å². The Morgan fingerprint density at radius 2 is 2.00 bits per heavy atom. The van der Waals surface area contributed by atoms with Crippen LogP contribution in [0.3, 0.4) is 0 Å². The molecule has 34 heavy (non-hydrogen) atoms. The summed E-state index contributed by atoms with van der Waals surface area (Å²) in [6.07, 6.45) is 7.96. The molecule has 2 fully saturated rings. The third-order valence-corrected chi connectivity index (χ3v) is 6.62. The Morgan fingerprint density at radius 3 is 2.76 bits per heavy atom. The minimum atomic E-state index is 0.0829. The molecule has 2 saturated carbocycles. The van der Waals surface area contributed by atoms with Gasteiger partial charge in [-0.3, -0.25) is 4.79 Å². The summed E-state index contributed by atoms with van der Waals surface area (Å²) in [4.78, 5) is 24.0. The third kappa shape index (κ3) is 4.38. The minimum Gasteiger partial charge on any atom is -0.367 e. The van der Waals surface area contributed by atoms with Crippen LogP contribution in [-0.2, 0) is 17.8 Å². The molecular weight excluding hydrogens is 426 g/mol. The molecule has 2 aliphatic rings. The lowest BCUT2D eigenvalue weighted by Crippen LogP contribution is -2.33. The molecule has 2 heterocycles. The van der Waals surface area contributed by atoms with E-state index in [0.29, 0.717) is 24.4 Å². The molecule has 7 nitrogen and oxygen atoms in total. The van der Waals surface area contributed by atoms with Gasteiger partial charge in [-0.1, -0.05) is 23.4 Å². The van der Waals surface area contributed by atoms with Crippen molar-refractivity contribution in [2.24, 2.45) is 0 Å². The van der Waals surface area contributed by atoms with Crippen LogP contribution >= 0.6 is 0 Å². The zero-order valence-electron chi connectivity index (χ0n) is 19.2. The molecular formula is C27H27N5O2. The van der Waals surface area contributed by atoms with E-state index in [1.165, 1.54) is 18.4 Å². The third-order valence-electron chi connectivity index (χ3n) is 6.62. The van der Waals surface area contributed by atoms with Gasteiger partial charge in [0, 0.05) is 30.1 Å². The number of rotatable bonds is 8. The SMILES string of the molecule is Cc1cc2ncnc(NC3CC3)c2cc1-c1cccc(CN(C(=O)Cc2ccno2)C2CC2)c1. The number of aryl methyl sites for hydroxylation is 1. The first kappa shape index (κ1) is 20.8. The quantitative estimate of drug-likeness (QED) is 0.408. The monoisotopic (exact) mass is 453 g/mol. The first-order valence-corrected chi connectivity index (χ1v) is 11.9. The summed E-state index contributed by atoms with van der Waals surface area (Å²) >= 11 is 0. The number of carbonyl (C=O) groups is 1. The lowest BCUT2D eigenvalue weighted by molar-refractivity contribution is -0.132. The lowest BCUT2D eigenvalue weighted by atomic mass is 9.96. The van der Waals surface area contributed by atoms with Gasteiger partial charge in [-0.2, -0.15) is 0 Å². The Kier molecular flexibility index (Phi) is 5.24. The minimum absolute atomic E-state index is 0.0829. The van der Waals surface area contributed by atoms with Gasteiger partial charge in [0.15, 0.2) is 0 Å². The van der Waals surface area contributed by atoms with E-state index in [0.717, 1.165) is 46.3 Å². The molecule has 0 spiro atoms. The molecule has 172 valence electrons. The normalized spacial score (nSPS) is 15.4. The molecule has 0 bridgehead atoms. The molecule has 2 aliphatic carbocycles. The Labute approximate surface area is 198 Å². The summed E-state index contributed by atoms with van der Waals surface area (Å²) in [6.45, 7) is 2.71. The number of carbonyl (C=O) groups excluding carboxylic acids is 1. The van der Waals surface area contributed by atoms with Crippen molar-refractivity contribution in [2.45, 2.75) is 57.7 Å². The maximum atomic E-state index is 13.0. The van der Waals surface area contributed by atoms with Gasteiger partial charge in [-0.15, -0.1) is 0 Å². The van der Waals surface area contributed by atoms with Gasteiger partial charge in [-0.25, -0.2) is 9.97 Å². The molecule has 0 atom stereocenters. The van der Waals surface area contributed by atoms with E-state index in [1.54, 1.807) is 18.6 Å². The largest absolute Gasteiger partial charge is 0.367 e. The molecule has 1 N–H and O–H groups in total. The fourth-order valence-corrected chi connectivity index (χ4v) is 4.48. The smallest absolute Gasteiger partial charge is 0.230 e. The number of aromatic nitrogens is 3. The molecule has 0 aliphatic heterocycles. The number of hydrogen-bond donors (Lipinski definition) is 1. The van der Waals surface area contributed by atoms with Crippen molar-refractivity contribution < 1.29 is 9.32 Å². The highest BCUT2D eigenvalue weighted by Crippen LogP contribution is 2.34. The summed E-state index contributed by atoms with van der Waals surface area (Å²) in [5.74, 6) is 1.59. The number of amides is 1. The van der Waals surface area contributed by atoms with E-state index in [4.69, 9.17) is 4.52 Å². The summed E-state index contributed by atoms with van der Waals surface area (Å²) < 4.78 is 5.15. The second-order valence-electron chi connectivity index (χ2n) is 9.43. The van der Waals surface area contributed by atoms with E-state index >= 15 is 0 Å². The molecule has 2 aromatic carbocycles.